The van der Waals surface area contributed by atoms with Crippen molar-refractivity contribution < 1.29 is 0 Å². The summed E-state index contributed by atoms with van der Waals surface area (Å²) in [6.07, 6.45) is 8.27. The lowest BCUT2D eigenvalue weighted by atomic mass is 9.43. The lowest BCUT2D eigenvalue weighted by Gasteiger charge is -2.64. The summed E-state index contributed by atoms with van der Waals surface area (Å²) in [5, 5.41) is 4.78. The average molecular weight is 492 g/mol. The van der Waals surface area contributed by atoms with E-state index >= 15 is 0 Å². The first-order chi connectivity index (χ1) is 16.6. The SMILES string of the molecule is CC12CC3CC(C)(C1)CC(N)(C3)C2.Cc1cc2c(s1)Nc1ccccc1N=C2N1CCN(C)CC1. The van der Waals surface area contributed by atoms with E-state index in [-0.39, 0.29) is 5.54 Å². The molecule has 5 nitrogen and oxygen atoms in total. The quantitative estimate of drug-likeness (QED) is 0.465. The van der Waals surface area contributed by atoms with Crippen LogP contribution in [0.25, 0.3) is 0 Å². The molecule has 5 fully saturated rings. The second kappa shape index (κ2) is 8.32. The number of benzene rings is 1. The number of hydrogen-bond donors (Lipinski definition) is 2. The van der Waals surface area contributed by atoms with Crippen molar-refractivity contribution >= 4 is 33.5 Å². The summed E-state index contributed by atoms with van der Waals surface area (Å²) in [5.74, 6) is 2.07. The molecular formula is C29H41N5S. The number of para-hydroxylation sites is 2. The molecule has 1 aromatic carbocycles. The maximum atomic E-state index is 6.49. The minimum Gasteiger partial charge on any atom is -0.353 e. The minimum atomic E-state index is 0.225. The molecule has 3 heterocycles. The molecule has 35 heavy (non-hydrogen) atoms. The van der Waals surface area contributed by atoms with Crippen molar-refractivity contribution in [3.63, 3.8) is 0 Å². The van der Waals surface area contributed by atoms with Crippen LogP contribution in [0.2, 0.25) is 0 Å². The van der Waals surface area contributed by atoms with Crippen molar-refractivity contribution in [2.45, 2.75) is 64.8 Å². The maximum Gasteiger partial charge on any atom is 0.139 e. The van der Waals surface area contributed by atoms with E-state index < -0.39 is 0 Å². The Morgan fingerprint density at radius 3 is 2.34 bits per heavy atom. The number of anilines is 2. The first-order valence-electron chi connectivity index (χ1n) is 13.4. The number of aliphatic imine (C=N–C) groups is 1. The van der Waals surface area contributed by atoms with Gasteiger partial charge in [0.25, 0.3) is 0 Å². The molecule has 2 unspecified atom stereocenters. The van der Waals surface area contributed by atoms with E-state index in [9.17, 15) is 0 Å². The van der Waals surface area contributed by atoms with Crippen molar-refractivity contribution in [1.29, 1.82) is 0 Å². The molecule has 4 bridgehead atoms. The number of rotatable bonds is 0. The van der Waals surface area contributed by atoms with Gasteiger partial charge in [-0.15, -0.1) is 11.3 Å². The van der Waals surface area contributed by atoms with E-state index in [1.54, 1.807) is 11.3 Å². The van der Waals surface area contributed by atoms with Crippen LogP contribution in [0.4, 0.5) is 16.4 Å². The van der Waals surface area contributed by atoms with Crippen LogP contribution in [0.5, 0.6) is 0 Å². The molecule has 3 N–H and O–H groups in total. The fourth-order valence-corrected chi connectivity index (χ4v) is 9.46. The Morgan fingerprint density at radius 2 is 1.69 bits per heavy atom. The number of piperazine rings is 1. The number of amidine groups is 1. The molecule has 0 radical (unpaired) electrons. The summed E-state index contributed by atoms with van der Waals surface area (Å²) in [5.41, 5.74) is 11.3. The van der Waals surface area contributed by atoms with Gasteiger partial charge in [0.05, 0.1) is 16.9 Å². The zero-order valence-electron chi connectivity index (χ0n) is 21.9. The first kappa shape index (κ1) is 23.5. The van der Waals surface area contributed by atoms with Crippen LogP contribution in [0.1, 0.15) is 62.8 Å². The number of nitrogens with zero attached hydrogens (tertiary/aromatic N) is 3. The van der Waals surface area contributed by atoms with E-state index in [2.05, 4.69) is 73.3 Å². The van der Waals surface area contributed by atoms with Gasteiger partial charge in [0.1, 0.15) is 10.8 Å². The fraction of sp³-hybridized carbons (Fsp3) is 0.621. The molecule has 188 valence electrons. The standard InChI is InChI=1S/C17H20N4S.C12H21N/c1-12-11-13-16(21-9-7-20(2)8-10-21)18-14-5-3-4-6-15(14)19-17(13)22-12;1-10-3-9-4-11(2,6-10)8-12(13,5-9)7-10/h3-6,11,19H,7-10H2,1-2H3;9H,3-8,13H2,1-2H3. The molecule has 4 saturated carbocycles. The highest BCUT2D eigenvalue weighted by molar-refractivity contribution is 7.16. The molecule has 0 spiro atoms. The molecular weight excluding hydrogens is 450 g/mol. The molecule has 2 atom stereocenters. The highest BCUT2D eigenvalue weighted by Gasteiger charge is 2.58. The van der Waals surface area contributed by atoms with E-state index in [1.807, 2.05) is 0 Å². The molecule has 8 rings (SSSR count). The van der Waals surface area contributed by atoms with Crippen LogP contribution >= 0.6 is 11.3 Å². The number of fused-ring (bicyclic) bond motifs is 2. The lowest BCUT2D eigenvalue weighted by molar-refractivity contribution is -0.104. The lowest BCUT2D eigenvalue weighted by Crippen LogP contribution is -2.62. The molecule has 1 saturated heterocycles. The van der Waals surface area contributed by atoms with Crippen LogP contribution in [0.15, 0.2) is 35.3 Å². The van der Waals surface area contributed by atoms with Crippen LogP contribution < -0.4 is 11.1 Å². The second-order valence-electron chi connectivity index (χ2n) is 13.0. The highest BCUT2D eigenvalue weighted by Crippen LogP contribution is 2.65. The average Bonchev–Trinajstić information content (AvgIpc) is 3.03. The van der Waals surface area contributed by atoms with Gasteiger partial charge in [0.2, 0.25) is 0 Å². The molecule has 0 amide bonds. The fourth-order valence-electron chi connectivity index (χ4n) is 8.54. The Kier molecular flexibility index (Phi) is 5.59. The zero-order chi connectivity index (χ0) is 24.4. The van der Waals surface area contributed by atoms with Crippen molar-refractivity contribution in [1.82, 2.24) is 9.80 Å². The van der Waals surface area contributed by atoms with Gasteiger partial charge in [-0.05, 0) is 87.4 Å². The number of aryl methyl sites for hydroxylation is 1. The summed E-state index contributed by atoms with van der Waals surface area (Å²) >= 11 is 1.81. The number of nitrogens with one attached hydrogen (secondary N) is 1. The summed E-state index contributed by atoms with van der Waals surface area (Å²) < 4.78 is 0. The van der Waals surface area contributed by atoms with Gasteiger partial charge in [0, 0.05) is 36.6 Å². The number of thiophene rings is 1. The largest absolute Gasteiger partial charge is 0.353 e. The predicted molar refractivity (Wildman–Crippen MR) is 148 cm³/mol. The molecule has 6 heteroatoms. The smallest absolute Gasteiger partial charge is 0.139 e. The van der Waals surface area contributed by atoms with Crippen molar-refractivity contribution in [3.05, 3.63) is 40.8 Å². The highest BCUT2D eigenvalue weighted by atomic mass is 32.1. The zero-order valence-corrected chi connectivity index (χ0v) is 22.7. The predicted octanol–water partition coefficient (Wildman–Crippen LogP) is 6.13. The van der Waals surface area contributed by atoms with Crippen LogP contribution in [-0.2, 0) is 0 Å². The minimum absolute atomic E-state index is 0.225. The molecule has 4 aliphatic carbocycles. The Labute approximate surface area is 214 Å². The maximum absolute atomic E-state index is 6.49. The van der Waals surface area contributed by atoms with Gasteiger partial charge in [-0.25, -0.2) is 4.99 Å². The summed E-state index contributed by atoms with van der Waals surface area (Å²) in [6, 6.07) is 10.6. The van der Waals surface area contributed by atoms with Gasteiger partial charge in [-0.2, -0.15) is 0 Å². The Hall–Kier alpha value is -1.89. The van der Waals surface area contributed by atoms with Crippen LogP contribution in [-0.4, -0.2) is 54.4 Å². The Balaban J connectivity index is 0.000000149. The summed E-state index contributed by atoms with van der Waals surface area (Å²) in [4.78, 5) is 11.1. The van der Waals surface area contributed by atoms with Gasteiger partial charge in [-0.1, -0.05) is 26.0 Å². The van der Waals surface area contributed by atoms with Crippen molar-refractivity contribution in [3.8, 4) is 0 Å². The molecule has 6 aliphatic rings. The van der Waals surface area contributed by atoms with Crippen molar-refractivity contribution in [2.75, 3.05) is 38.5 Å². The van der Waals surface area contributed by atoms with Gasteiger partial charge in [-0.3, -0.25) is 0 Å². The van der Waals surface area contributed by atoms with E-state index in [1.165, 1.54) is 54.0 Å². The van der Waals surface area contributed by atoms with E-state index in [4.69, 9.17) is 10.7 Å². The van der Waals surface area contributed by atoms with E-state index in [0.29, 0.717) is 10.8 Å². The van der Waals surface area contributed by atoms with Crippen LogP contribution in [0.3, 0.4) is 0 Å². The van der Waals surface area contributed by atoms with Gasteiger partial charge in [0.15, 0.2) is 0 Å². The third-order valence-electron chi connectivity index (χ3n) is 8.95. The molecule has 2 aliphatic heterocycles. The molecule has 1 aromatic heterocycles. The number of likely N-dealkylation sites (N-methyl/N-ethyl adjacent to an activating group) is 1. The van der Waals surface area contributed by atoms with E-state index in [0.717, 1.165) is 49.3 Å². The van der Waals surface area contributed by atoms with Gasteiger partial charge >= 0.3 is 0 Å². The second-order valence-corrected chi connectivity index (χ2v) is 14.2. The third kappa shape index (κ3) is 4.54. The summed E-state index contributed by atoms with van der Waals surface area (Å²) in [7, 11) is 2.18. The van der Waals surface area contributed by atoms with Gasteiger partial charge < -0.3 is 20.9 Å². The van der Waals surface area contributed by atoms with Crippen LogP contribution in [0, 0.1) is 23.7 Å². The number of hydrogen-bond acceptors (Lipinski definition) is 6. The molecule has 2 aromatic rings. The monoisotopic (exact) mass is 491 g/mol. The Morgan fingerprint density at radius 1 is 1.00 bits per heavy atom. The summed E-state index contributed by atoms with van der Waals surface area (Å²) in [6.45, 7) is 11.3. The topological polar surface area (TPSA) is 56.9 Å². The normalized spacial score (nSPS) is 35.3. The Bertz CT molecular complexity index is 1090. The third-order valence-corrected chi connectivity index (χ3v) is 9.91. The van der Waals surface area contributed by atoms with Crippen molar-refractivity contribution in [2.24, 2.45) is 27.5 Å². The number of nitrogens with two attached hydrogens (primary N) is 1. The first-order valence-corrected chi connectivity index (χ1v) is 14.2.